The lowest BCUT2D eigenvalue weighted by Crippen LogP contribution is -2.43. The van der Waals surface area contributed by atoms with Crippen molar-refractivity contribution in [1.82, 2.24) is 4.90 Å². The number of rotatable bonds is 2. The normalized spacial score (nSPS) is 19.4. The Morgan fingerprint density at radius 3 is 2.71 bits per heavy atom. The third kappa shape index (κ3) is 4.76. The second-order valence-corrected chi connectivity index (χ2v) is 7.07. The van der Waals surface area contributed by atoms with Gasteiger partial charge in [-0.1, -0.05) is 24.3 Å². The lowest BCUT2D eigenvalue weighted by atomic mass is 9.90. The third-order valence-corrected chi connectivity index (χ3v) is 3.94. The molecule has 1 unspecified atom stereocenters. The Labute approximate surface area is 128 Å². The Morgan fingerprint density at radius 1 is 1.33 bits per heavy atom. The molecule has 1 aliphatic rings. The summed E-state index contributed by atoms with van der Waals surface area (Å²) in [6.45, 7) is 9.53. The van der Waals surface area contributed by atoms with Crippen LogP contribution in [0.5, 0.6) is 0 Å². The lowest BCUT2D eigenvalue weighted by molar-refractivity contribution is 0.0166. The molecule has 1 amide bonds. The Bertz CT molecular complexity index is 490. The highest BCUT2D eigenvalue weighted by molar-refractivity contribution is 5.68. The van der Waals surface area contributed by atoms with E-state index < -0.39 is 5.60 Å². The minimum absolute atomic E-state index is 0.169. The van der Waals surface area contributed by atoms with Gasteiger partial charge in [0.1, 0.15) is 5.60 Å². The zero-order valence-electron chi connectivity index (χ0n) is 13.7. The summed E-state index contributed by atoms with van der Waals surface area (Å²) in [5.41, 5.74) is 2.32. The molecule has 0 bridgehead atoms. The van der Waals surface area contributed by atoms with Gasteiger partial charge in [0.05, 0.1) is 0 Å². The van der Waals surface area contributed by atoms with Gasteiger partial charge in [0.2, 0.25) is 0 Å². The second kappa shape index (κ2) is 6.50. The van der Waals surface area contributed by atoms with Crippen molar-refractivity contribution in [2.45, 2.75) is 52.6 Å². The van der Waals surface area contributed by atoms with E-state index in [0.717, 1.165) is 25.9 Å². The third-order valence-electron chi connectivity index (χ3n) is 3.94. The lowest BCUT2D eigenvalue weighted by Gasteiger charge is -2.34. The summed E-state index contributed by atoms with van der Waals surface area (Å²) >= 11 is 0. The first-order chi connectivity index (χ1) is 9.85. The maximum absolute atomic E-state index is 12.2. The number of carbonyl (C=O) groups is 1. The predicted octanol–water partition coefficient (Wildman–Crippen LogP) is 4.18. The molecule has 1 aromatic carbocycles. The van der Waals surface area contributed by atoms with Crippen LogP contribution in [-0.2, 0) is 11.2 Å². The van der Waals surface area contributed by atoms with Crippen LogP contribution in [0.2, 0.25) is 0 Å². The minimum atomic E-state index is -0.417. The van der Waals surface area contributed by atoms with E-state index in [0.29, 0.717) is 5.92 Å². The number of hydrogen-bond donors (Lipinski definition) is 0. The first-order valence-corrected chi connectivity index (χ1v) is 7.87. The Hall–Kier alpha value is -1.51. The van der Waals surface area contributed by atoms with E-state index in [1.165, 1.54) is 17.5 Å². The fourth-order valence-corrected chi connectivity index (χ4v) is 2.87. The van der Waals surface area contributed by atoms with Crippen molar-refractivity contribution in [1.29, 1.82) is 0 Å². The smallest absolute Gasteiger partial charge is 0.410 e. The Kier molecular flexibility index (Phi) is 4.92. The van der Waals surface area contributed by atoms with Crippen LogP contribution in [0.4, 0.5) is 4.79 Å². The molecule has 21 heavy (non-hydrogen) atoms. The van der Waals surface area contributed by atoms with Crippen molar-refractivity contribution >= 4 is 6.09 Å². The highest BCUT2D eigenvalue weighted by Gasteiger charge is 2.27. The van der Waals surface area contributed by atoms with Crippen LogP contribution in [-0.4, -0.2) is 29.7 Å². The Morgan fingerprint density at radius 2 is 2.05 bits per heavy atom. The van der Waals surface area contributed by atoms with Crippen LogP contribution in [0.15, 0.2) is 24.3 Å². The number of amides is 1. The molecule has 1 saturated heterocycles. The number of ether oxygens (including phenoxy) is 1. The quantitative estimate of drug-likeness (QED) is 0.817. The average molecular weight is 289 g/mol. The molecule has 0 aromatic heterocycles. The van der Waals surface area contributed by atoms with E-state index in [1.807, 2.05) is 25.7 Å². The van der Waals surface area contributed by atoms with E-state index in [1.54, 1.807) is 0 Å². The summed E-state index contributed by atoms with van der Waals surface area (Å²) in [6.07, 6.45) is 3.13. The number of carbonyl (C=O) groups excluding carboxylic acids is 1. The molecule has 0 N–H and O–H groups in total. The van der Waals surface area contributed by atoms with E-state index in [2.05, 4.69) is 31.2 Å². The van der Waals surface area contributed by atoms with Gasteiger partial charge in [0, 0.05) is 13.1 Å². The SMILES string of the molecule is Cc1ccccc1CC1CCCN(C(=O)OC(C)(C)C)C1. The molecular formula is C18H27NO2. The van der Waals surface area contributed by atoms with Gasteiger partial charge < -0.3 is 9.64 Å². The number of benzene rings is 1. The molecule has 1 fully saturated rings. The van der Waals surface area contributed by atoms with Gasteiger partial charge in [0.15, 0.2) is 0 Å². The second-order valence-electron chi connectivity index (χ2n) is 7.07. The van der Waals surface area contributed by atoms with Crippen LogP contribution in [0, 0.1) is 12.8 Å². The van der Waals surface area contributed by atoms with Crippen molar-refractivity contribution in [3.8, 4) is 0 Å². The van der Waals surface area contributed by atoms with Gasteiger partial charge in [-0.25, -0.2) is 4.79 Å². The molecule has 0 spiro atoms. The van der Waals surface area contributed by atoms with E-state index in [4.69, 9.17) is 4.74 Å². The van der Waals surface area contributed by atoms with Crippen molar-refractivity contribution < 1.29 is 9.53 Å². The average Bonchev–Trinajstić information content (AvgIpc) is 2.40. The number of aryl methyl sites for hydroxylation is 1. The fraction of sp³-hybridized carbons (Fsp3) is 0.611. The zero-order valence-corrected chi connectivity index (χ0v) is 13.7. The maximum Gasteiger partial charge on any atom is 0.410 e. The van der Waals surface area contributed by atoms with Crippen molar-refractivity contribution in [3.05, 3.63) is 35.4 Å². The van der Waals surface area contributed by atoms with Gasteiger partial charge in [-0.05, 0) is 64.0 Å². The molecule has 3 nitrogen and oxygen atoms in total. The zero-order chi connectivity index (χ0) is 15.5. The van der Waals surface area contributed by atoms with Crippen molar-refractivity contribution in [2.24, 2.45) is 5.92 Å². The summed E-state index contributed by atoms with van der Waals surface area (Å²) in [4.78, 5) is 14.1. The highest BCUT2D eigenvalue weighted by atomic mass is 16.6. The minimum Gasteiger partial charge on any atom is -0.444 e. The molecule has 116 valence electrons. The first-order valence-electron chi connectivity index (χ1n) is 7.87. The van der Waals surface area contributed by atoms with E-state index in [-0.39, 0.29) is 6.09 Å². The van der Waals surface area contributed by atoms with Gasteiger partial charge in [-0.3, -0.25) is 0 Å². The standard InChI is InChI=1S/C18H27NO2/c1-14-8-5-6-10-16(14)12-15-9-7-11-19(13-15)17(20)21-18(2,3)4/h5-6,8,10,15H,7,9,11-13H2,1-4H3. The molecule has 0 aliphatic carbocycles. The molecule has 1 aliphatic heterocycles. The predicted molar refractivity (Wildman–Crippen MR) is 85.4 cm³/mol. The van der Waals surface area contributed by atoms with E-state index >= 15 is 0 Å². The van der Waals surface area contributed by atoms with Gasteiger partial charge in [-0.2, -0.15) is 0 Å². The molecule has 1 heterocycles. The highest BCUT2D eigenvalue weighted by Crippen LogP contribution is 2.23. The van der Waals surface area contributed by atoms with Crippen molar-refractivity contribution in [2.75, 3.05) is 13.1 Å². The molecule has 3 heteroatoms. The molecule has 0 saturated carbocycles. The maximum atomic E-state index is 12.2. The summed E-state index contributed by atoms with van der Waals surface area (Å²) in [5, 5.41) is 0. The number of piperidine rings is 1. The summed E-state index contributed by atoms with van der Waals surface area (Å²) in [5.74, 6) is 0.535. The molecule has 1 aromatic rings. The van der Waals surface area contributed by atoms with Crippen LogP contribution in [0.1, 0.15) is 44.7 Å². The molecule has 0 radical (unpaired) electrons. The van der Waals surface area contributed by atoms with Gasteiger partial charge >= 0.3 is 6.09 Å². The van der Waals surface area contributed by atoms with E-state index in [9.17, 15) is 4.79 Å². The summed E-state index contributed by atoms with van der Waals surface area (Å²) < 4.78 is 5.49. The number of nitrogens with zero attached hydrogens (tertiary/aromatic N) is 1. The van der Waals surface area contributed by atoms with Crippen LogP contribution in [0.25, 0.3) is 0 Å². The molecule has 2 rings (SSSR count). The topological polar surface area (TPSA) is 29.5 Å². The van der Waals surface area contributed by atoms with Gasteiger partial charge in [-0.15, -0.1) is 0 Å². The fourth-order valence-electron chi connectivity index (χ4n) is 2.87. The Balaban J connectivity index is 1.95. The summed E-state index contributed by atoms with van der Waals surface area (Å²) in [6, 6.07) is 8.52. The van der Waals surface area contributed by atoms with Crippen LogP contribution in [0.3, 0.4) is 0 Å². The van der Waals surface area contributed by atoms with Gasteiger partial charge in [0.25, 0.3) is 0 Å². The largest absolute Gasteiger partial charge is 0.444 e. The molecule has 1 atom stereocenters. The number of hydrogen-bond acceptors (Lipinski definition) is 2. The first kappa shape index (κ1) is 15.9. The van der Waals surface area contributed by atoms with Crippen LogP contribution >= 0.6 is 0 Å². The monoisotopic (exact) mass is 289 g/mol. The van der Waals surface area contributed by atoms with Crippen LogP contribution < -0.4 is 0 Å². The summed E-state index contributed by atoms with van der Waals surface area (Å²) in [7, 11) is 0. The van der Waals surface area contributed by atoms with Crippen molar-refractivity contribution in [3.63, 3.8) is 0 Å². The number of likely N-dealkylation sites (tertiary alicyclic amines) is 1. The molecular weight excluding hydrogens is 262 g/mol.